The fourth-order valence-corrected chi connectivity index (χ4v) is 1.33. The van der Waals surface area contributed by atoms with Crippen LogP contribution in [0.15, 0.2) is 12.7 Å². The van der Waals surface area contributed by atoms with Gasteiger partial charge in [0, 0.05) is 25.7 Å². The van der Waals surface area contributed by atoms with Crippen LogP contribution in [0, 0.1) is 0 Å². The van der Waals surface area contributed by atoms with Gasteiger partial charge < -0.3 is 25.6 Å². The fraction of sp³-hybridized carbons (Fsp3) is 0.750. The Balaban J connectivity index is 0. The van der Waals surface area contributed by atoms with Crippen LogP contribution in [0.5, 0.6) is 0 Å². The molecule has 3 N–H and O–H groups in total. The number of carboxylic acids is 1. The Morgan fingerprint density at radius 1 is 1.50 bits per heavy atom. The molecule has 0 bridgehead atoms. The number of carbonyl (C=O) groups is 1. The number of carbonyl (C=O) groups excluding carboxylic acids is 1. The van der Waals surface area contributed by atoms with Crippen LogP contribution >= 0.6 is 0 Å². The van der Waals surface area contributed by atoms with Crippen molar-refractivity contribution in [3.63, 3.8) is 0 Å². The summed E-state index contributed by atoms with van der Waals surface area (Å²) in [4.78, 5) is 10.4. The SMILES string of the molecule is C=CCCCC(O)CNCCNC(C)C(=O)[O-].[Li+]. The number of hydrogen-bond acceptors (Lipinski definition) is 5. The topological polar surface area (TPSA) is 84.4 Å². The Labute approximate surface area is 121 Å². The molecule has 0 saturated heterocycles. The Morgan fingerprint density at radius 3 is 2.72 bits per heavy atom. The summed E-state index contributed by atoms with van der Waals surface area (Å²) in [7, 11) is 0. The molecule has 0 aromatic carbocycles. The number of aliphatic hydroxyl groups excluding tert-OH is 1. The van der Waals surface area contributed by atoms with Gasteiger partial charge >= 0.3 is 18.9 Å². The Bertz CT molecular complexity index is 227. The summed E-state index contributed by atoms with van der Waals surface area (Å²) in [6.45, 7) is 6.84. The standard InChI is InChI=1S/C12H24N2O3.Li/c1-3-4-5-6-11(15)9-13-7-8-14-10(2)12(16)17;/h3,10-11,13-15H,1,4-9H2,2H3,(H,16,17);/q;+1/p-1. The molecule has 0 aliphatic carbocycles. The molecule has 5 nitrogen and oxygen atoms in total. The zero-order chi connectivity index (χ0) is 13.1. The number of unbranched alkanes of at least 4 members (excludes halogenated alkanes) is 1. The number of aliphatic hydroxyl groups is 1. The molecule has 0 amide bonds. The molecule has 0 spiro atoms. The Kier molecular flexibility index (Phi) is 14.6. The molecule has 0 radical (unpaired) electrons. The van der Waals surface area contributed by atoms with Crippen molar-refractivity contribution in [2.24, 2.45) is 0 Å². The van der Waals surface area contributed by atoms with Crippen LogP contribution in [0.2, 0.25) is 0 Å². The number of aliphatic carboxylic acids is 1. The molecule has 6 heteroatoms. The van der Waals surface area contributed by atoms with E-state index in [1.807, 2.05) is 6.08 Å². The third-order valence-electron chi connectivity index (χ3n) is 2.43. The summed E-state index contributed by atoms with van der Waals surface area (Å²) < 4.78 is 0. The molecule has 0 aliphatic rings. The van der Waals surface area contributed by atoms with E-state index in [2.05, 4.69) is 17.2 Å². The number of carboxylic acid groups (broad SMARTS) is 1. The van der Waals surface area contributed by atoms with Crippen molar-refractivity contribution in [3.05, 3.63) is 12.7 Å². The van der Waals surface area contributed by atoms with Crippen molar-refractivity contribution in [1.29, 1.82) is 0 Å². The first-order valence-corrected chi connectivity index (χ1v) is 6.01. The average molecular weight is 250 g/mol. The monoisotopic (exact) mass is 250 g/mol. The smallest absolute Gasteiger partial charge is 0.548 e. The molecule has 0 heterocycles. The average Bonchev–Trinajstić information content (AvgIpc) is 2.28. The molecular formula is C12H23LiN2O3. The van der Waals surface area contributed by atoms with Gasteiger partial charge in [0.15, 0.2) is 0 Å². The number of allylic oxidation sites excluding steroid dienone is 1. The van der Waals surface area contributed by atoms with E-state index in [-0.39, 0.29) is 25.0 Å². The van der Waals surface area contributed by atoms with Gasteiger partial charge in [0.25, 0.3) is 0 Å². The van der Waals surface area contributed by atoms with Crippen molar-refractivity contribution in [1.82, 2.24) is 10.6 Å². The van der Waals surface area contributed by atoms with Gasteiger partial charge in [-0.3, -0.25) is 0 Å². The quantitative estimate of drug-likeness (QED) is 0.198. The van der Waals surface area contributed by atoms with Crippen LogP contribution in [0.3, 0.4) is 0 Å². The second-order valence-electron chi connectivity index (χ2n) is 4.07. The predicted molar refractivity (Wildman–Crippen MR) is 65.4 cm³/mol. The van der Waals surface area contributed by atoms with Crippen molar-refractivity contribution >= 4 is 5.97 Å². The summed E-state index contributed by atoms with van der Waals surface area (Å²) in [5.74, 6) is -1.10. The van der Waals surface area contributed by atoms with Crippen LogP contribution in [0.25, 0.3) is 0 Å². The first-order valence-electron chi connectivity index (χ1n) is 6.01. The third kappa shape index (κ3) is 12.2. The number of hydrogen-bond donors (Lipinski definition) is 3. The largest absolute Gasteiger partial charge is 1.00 e. The van der Waals surface area contributed by atoms with Crippen LogP contribution in [0.1, 0.15) is 26.2 Å². The second-order valence-corrected chi connectivity index (χ2v) is 4.07. The van der Waals surface area contributed by atoms with Crippen LogP contribution < -0.4 is 34.6 Å². The van der Waals surface area contributed by atoms with Gasteiger partial charge in [0.05, 0.1) is 12.1 Å². The molecule has 0 aliphatic heterocycles. The molecule has 2 atom stereocenters. The van der Waals surface area contributed by atoms with E-state index in [9.17, 15) is 15.0 Å². The molecule has 100 valence electrons. The fourth-order valence-electron chi connectivity index (χ4n) is 1.33. The molecule has 0 fully saturated rings. The van der Waals surface area contributed by atoms with Gasteiger partial charge in [-0.1, -0.05) is 6.08 Å². The molecule has 0 aromatic rings. The second kappa shape index (κ2) is 13.1. The van der Waals surface area contributed by atoms with E-state index in [1.54, 1.807) is 6.92 Å². The minimum absolute atomic E-state index is 0. The van der Waals surface area contributed by atoms with Gasteiger partial charge in [-0.05, 0) is 26.2 Å². The van der Waals surface area contributed by atoms with Crippen LogP contribution in [0.4, 0.5) is 0 Å². The summed E-state index contributed by atoms with van der Waals surface area (Å²) in [5, 5.41) is 25.8. The maximum atomic E-state index is 10.4. The van der Waals surface area contributed by atoms with Crippen LogP contribution in [-0.4, -0.2) is 42.9 Å². The van der Waals surface area contributed by atoms with Gasteiger partial charge in [0.1, 0.15) is 0 Å². The molecule has 0 aromatic heterocycles. The maximum Gasteiger partial charge on any atom is 1.00 e. The first kappa shape index (κ1) is 20.0. The summed E-state index contributed by atoms with van der Waals surface area (Å²) >= 11 is 0. The maximum absolute atomic E-state index is 10.4. The zero-order valence-electron chi connectivity index (χ0n) is 11.4. The normalized spacial score (nSPS) is 13.4. The summed E-state index contributed by atoms with van der Waals surface area (Å²) in [6.07, 6.45) is 4.09. The van der Waals surface area contributed by atoms with E-state index in [0.29, 0.717) is 19.6 Å². The number of rotatable bonds is 11. The van der Waals surface area contributed by atoms with Crippen molar-refractivity contribution in [2.45, 2.75) is 38.3 Å². The van der Waals surface area contributed by atoms with E-state index in [0.717, 1.165) is 19.3 Å². The van der Waals surface area contributed by atoms with Crippen molar-refractivity contribution < 1.29 is 33.9 Å². The van der Waals surface area contributed by atoms with Crippen molar-refractivity contribution in [3.8, 4) is 0 Å². The van der Waals surface area contributed by atoms with E-state index >= 15 is 0 Å². The van der Waals surface area contributed by atoms with Gasteiger partial charge in [0.2, 0.25) is 0 Å². The predicted octanol–water partition coefficient (Wildman–Crippen LogP) is -3.97. The number of nitrogens with one attached hydrogen (secondary N) is 2. The Hall–Kier alpha value is -0.313. The summed E-state index contributed by atoms with van der Waals surface area (Å²) in [5.41, 5.74) is 0. The van der Waals surface area contributed by atoms with Crippen molar-refractivity contribution in [2.75, 3.05) is 19.6 Å². The molecule has 2 unspecified atom stereocenters. The minimum atomic E-state index is -1.10. The van der Waals surface area contributed by atoms with Gasteiger partial charge in [-0.15, -0.1) is 6.58 Å². The minimum Gasteiger partial charge on any atom is -0.548 e. The van der Waals surface area contributed by atoms with E-state index < -0.39 is 12.0 Å². The zero-order valence-corrected chi connectivity index (χ0v) is 11.4. The van der Waals surface area contributed by atoms with Gasteiger partial charge in [-0.2, -0.15) is 0 Å². The van der Waals surface area contributed by atoms with Gasteiger partial charge in [-0.25, -0.2) is 0 Å². The first-order chi connectivity index (χ1) is 8.07. The Morgan fingerprint density at radius 2 is 2.17 bits per heavy atom. The van der Waals surface area contributed by atoms with Crippen LogP contribution in [-0.2, 0) is 4.79 Å². The molecule has 18 heavy (non-hydrogen) atoms. The molecular weight excluding hydrogens is 227 g/mol. The molecule has 0 saturated carbocycles. The van der Waals surface area contributed by atoms with E-state index in [4.69, 9.17) is 0 Å². The van der Waals surface area contributed by atoms with E-state index in [1.165, 1.54) is 0 Å². The summed E-state index contributed by atoms with van der Waals surface area (Å²) in [6, 6.07) is -0.644. The molecule has 0 rings (SSSR count). The third-order valence-corrected chi connectivity index (χ3v) is 2.43.